The Morgan fingerprint density at radius 2 is 1.63 bits per heavy atom. The van der Waals surface area contributed by atoms with E-state index < -0.39 is 0 Å². The molecule has 0 atom stereocenters. The molecule has 0 radical (unpaired) electrons. The lowest BCUT2D eigenvalue weighted by atomic mass is 10.1. The minimum atomic E-state index is 0.731. The van der Waals surface area contributed by atoms with E-state index in [0.29, 0.717) is 0 Å². The van der Waals surface area contributed by atoms with Gasteiger partial charge in [-0.1, -0.05) is 29.8 Å². The quantitative estimate of drug-likeness (QED) is 0.838. The van der Waals surface area contributed by atoms with Crippen molar-refractivity contribution in [2.75, 3.05) is 38.0 Å². The number of hydrogen-bond acceptors (Lipinski definition) is 4. The van der Waals surface area contributed by atoms with Gasteiger partial charge in [-0.3, -0.25) is 0 Å². The highest BCUT2D eigenvalue weighted by molar-refractivity contribution is 5.38. The molecule has 0 bridgehead atoms. The SMILES string of the molecule is Cc1ccc(Cn2nc(N(C)C)nc2N(C)C)cc1. The van der Waals surface area contributed by atoms with Gasteiger partial charge in [-0.05, 0) is 12.5 Å². The Kier molecular flexibility index (Phi) is 3.74. The lowest BCUT2D eigenvalue weighted by Crippen LogP contribution is -2.16. The zero-order valence-corrected chi connectivity index (χ0v) is 12.3. The Morgan fingerprint density at radius 3 is 2.16 bits per heavy atom. The molecular weight excluding hydrogens is 238 g/mol. The maximum atomic E-state index is 4.54. The second-order valence-corrected chi connectivity index (χ2v) is 5.14. The third-order valence-corrected chi connectivity index (χ3v) is 2.89. The molecule has 5 nitrogen and oxygen atoms in total. The van der Waals surface area contributed by atoms with E-state index in [9.17, 15) is 0 Å². The molecule has 1 aromatic heterocycles. The summed E-state index contributed by atoms with van der Waals surface area (Å²) < 4.78 is 1.93. The van der Waals surface area contributed by atoms with Gasteiger partial charge in [0.15, 0.2) is 0 Å². The van der Waals surface area contributed by atoms with Crippen molar-refractivity contribution in [3.8, 4) is 0 Å². The van der Waals surface area contributed by atoms with Gasteiger partial charge in [-0.25, -0.2) is 4.68 Å². The fourth-order valence-electron chi connectivity index (χ4n) is 1.82. The molecule has 5 heteroatoms. The van der Waals surface area contributed by atoms with Crippen molar-refractivity contribution < 1.29 is 0 Å². The number of rotatable bonds is 4. The molecule has 2 aromatic rings. The Bertz CT molecular complexity index is 539. The van der Waals surface area contributed by atoms with Crippen LogP contribution < -0.4 is 9.80 Å². The van der Waals surface area contributed by atoms with Gasteiger partial charge in [0.2, 0.25) is 11.9 Å². The third kappa shape index (κ3) is 3.05. The van der Waals surface area contributed by atoms with Gasteiger partial charge in [-0.2, -0.15) is 4.98 Å². The first kappa shape index (κ1) is 13.4. The van der Waals surface area contributed by atoms with Crippen molar-refractivity contribution in [3.63, 3.8) is 0 Å². The summed E-state index contributed by atoms with van der Waals surface area (Å²) in [6, 6.07) is 8.50. The average molecular weight is 259 g/mol. The number of hydrogen-bond donors (Lipinski definition) is 0. The minimum Gasteiger partial charge on any atom is -0.347 e. The first-order valence-electron chi connectivity index (χ1n) is 6.32. The summed E-state index contributed by atoms with van der Waals surface area (Å²) in [5.41, 5.74) is 2.49. The van der Waals surface area contributed by atoms with Crippen LogP contribution in [-0.2, 0) is 6.54 Å². The molecule has 0 aliphatic rings. The van der Waals surface area contributed by atoms with Gasteiger partial charge >= 0.3 is 0 Å². The van der Waals surface area contributed by atoms with E-state index in [4.69, 9.17) is 0 Å². The van der Waals surface area contributed by atoms with Gasteiger partial charge in [0.25, 0.3) is 0 Å². The standard InChI is InChI=1S/C14H21N5/c1-11-6-8-12(9-7-11)10-19-14(18(4)5)15-13(16-19)17(2)3/h6-9H,10H2,1-5H3. The van der Waals surface area contributed by atoms with E-state index in [1.54, 1.807) is 0 Å². The van der Waals surface area contributed by atoms with E-state index in [0.717, 1.165) is 18.4 Å². The van der Waals surface area contributed by atoms with Gasteiger partial charge in [-0.15, -0.1) is 5.10 Å². The second-order valence-electron chi connectivity index (χ2n) is 5.14. The molecule has 1 aromatic carbocycles. The highest BCUT2D eigenvalue weighted by atomic mass is 15.5. The molecule has 0 fully saturated rings. The van der Waals surface area contributed by atoms with Crippen molar-refractivity contribution in [2.45, 2.75) is 13.5 Å². The van der Waals surface area contributed by atoms with Crippen LogP contribution in [0.4, 0.5) is 11.9 Å². The van der Waals surface area contributed by atoms with Crippen molar-refractivity contribution in [2.24, 2.45) is 0 Å². The van der Waals surface area contributed by atoms with Crippen molar-refractivity contribution in [1.29, 1.82) is 0 Å². The van der Waals surface area contributed by atoms with E-state index >= 15 is 0 Å². The summed E-state index contributed by atoms with van der Waals surface area (Å²) in [6.07, 6.45) is 0. The Morgan fingerprint density at radius 1 is 1.00 bits per heavy atom. The van der Waals surface area contributed by atoms with Crippen LogP contribution in [0.25, 0.3) is 0 Å². The molecule has 102 valence electrons. The molecule has 2 rings (SSSR count). The highest BCUT2D eigenvalue weighted by Crippen LogP contribution is 2.16. The number of nitrogens with zero attached hydrogens (tertiary/aromatic N) is 5. The Labute approximate surface area is 114 Å². The summed E-state index contributed by atoms with van der Waals surface area (Å²) in [4.78, 5) is 8.42. The molecule has 0 saturated carbocycles. The van der Waals surface area contributed by atoms with Crippen LogP contribution in [0.3, 0.4) is 0 Å². The maximum absolute atomic E-state index is 4.54. The van der Waals surface area contributed by atoms with E-state index in [1.165, 1.54) is 11.1 Å². The van der Waals surface area contributed by atoms with Crippen molar-refractivity contribution in [3.05, 3.63) is 35.4 Å². The summed E-state index contributed by atoms with van der Waals surface area (Å²) in [5.74, 6) is 1.60. The predicted octanol–water partition coefficient (Wildman–Crippen LogP) is 1.77. The monoisotopic (exact) mass is 259 g/mol. The highest BCUT2D eigenvalue weighted by Gasteiger charge is 2.13. The minimum absolute atomic E-state index is 0.731. The second kappa shape index (κ2) is 5.30. The number of anilines is 2. The summed E-state index contributed by atoms with van der Waals surface area (Å²) in [6.45, 7) is 2.82. The molecule has 0 aliphatic heterocycles. The number of aryl methyl sites for hydroxylation is 1. The van der Waals surface area contributed by atoms with Gasteiger partial charge in [0.05, 0.1) is 6.54 Å². The number of aromatic nitrogens is 3. The van der Waals surface area contributed by atoms with Crippen molar-refractivity contribution >= 4 is 11.9 Å². The van der Waals surface area contributed by atoms with E-state index in [-0.39, 0.29) is 0 Å². The van der Waals surface area contributed by atoms with Crippen LogP contribution in [-0.4, -0.2) is 43.0 Å². The Hall–Kier alpha value is -2.04. The molecule has 0 amide bonds. The largest absolute Gasteiger partial charge is 0.347 e. The summed E-state index contributed by atoms with van der Waals surface area (Å²) >= 11 is 0. The molecule has 0 saturated heterocycles. The summed E-state index contributed by atoms with van der Waals surface area (Å²) in [5, 5.41) is 4.54. The third-order valence-electron chi connectivity index (χ3n) is 2.89. The van der Waals surface area contributed by atoms with Crippen LogP contribution in [0.15, 0.2) is 24.3 Å². The topological polar surface area (TPSA) is 37.2 Å². The van der Waals surface area contributed by atoms with E-state index in [1.807, 2.05) is 42.7 Å². The normalized spacial score (nSPS) is 10.6. The molecule has 0 spiro atoms. The summed E-state index contributed by atoms with van der Waals surface area (Å²) in [7, 11) is 7.86. The lowest BCUT2D eigenvalue weighted by Gasteiger charge is -2.12. The molecule has 1 heterocycles. The zero-order valence-electron chi connectivity index (χ0n) is 12.3. The van der Waals surface area contributed by atoms with Gasteiger partial charge in [0.1, 0.15) is 0 Å². The molecule has 0 N–H and O–H groups in total. The van der Waals surface area contributed by atoms with Crippen LogP contribution >= 0.6 is 0 Å². The van der Waals surface area contributed by atoms with Crippen LogP contribution in [0.2, 0.25) is 0 Å². The van der Waals surface area contributed by atoms with Gasteiger partial charge in [0, 0.05) is 28.2 Å². The maximum Gasteiger partial charge on any atom is 0.246 e. The van der Waals surface area contributed by atoms with E-state index in [2.05, 4.69) is 41.3 Å². The van der Waals surface area contributed by atoms with Crippen LogP contribution in [0, 0.1) is 6.92 Å². The fraction of sp³-hybridized carbons (Fsp3) is 0.429. The van der Waals surface area contributed by atoms with Crippen LogP contribution in [0.5, 0.6) is 0 Å². The molecule has 0 aliphatic carbocycles. The zero-order chi connectivity index (χ0) is 14.0. The first-order valence-corrected chi connectivity index (χ1v) is 6.32. The van der Waals surface area contributed by atoms with Crippen molar-refractivity contribution in [1.82, 2.24) is 14.8 Å². The van der Waals surface area contributed by atoms with Crippen LogP contribution in [0.1, 0.15) is 11.1 Å². The predicted molar refractivity (Wildman–Crippen MR) is 79.0 cm³/mol. The average Bonchev–Trinajstić information content (AvgIpc) is 2.76. The smallest absolute Gasteiger partial charge is 0.246 e. The molecule has 0 unspecified atom stereocenters. The molecular formula is C14H21N5. The first-order chi connectivity index (χ1) is 8.97. The Balaban J connectivity index is 2.30. The fourth-order valence-corrected chi connectivity index (χ4v) is 1.82. The number of benzene rings is 1. The molecule has 19 heavy (non-hydrogen) atoms. The lowest BCUT2D eigenvalue weighted by molar-refractivity contribution is 0.676. The van der Waals surface area contributed by atoms with Gasteiger partial charge < -0.3 is 9.80 Å².